The fourth-order valence-electron chi connectivity index (χ4n) is 3.69. The second kappa shape index (κ2) is 8.72. The van der Waals surface area contributed by atoms with E-state index in [0.717, 1.165) is 28.3 Å². The van der Waals surface area contributed by atoms with E-state index in [2.05, 4.69) is 29.3 Å². The molecule has 5 nitrogen and oxygen atoms in total. The monoisotopic (exact) mass is 415 g/mol. The fraction of sp³-hybridized carbons (Fsp3) is 0.120. The van der Waals surface area contributed by atoms with Crippen molar-refractivity contribution in [3.05, 3.63) is 88.7 Å². The van der Waals surface area contributed by atoms with E-state index in [0.29, 0.717) is 6.29 Å². The number of phenolic OH excluding ortho intramolecular Hbond substituents is 1. The summed E-state index contributed by atoms with van der Waals surface area (Å²) in [7, 11) is 0. The Morgan fingerprint density at radius 1 is 1.10 bits per heavy atom. The molecule has 0 atom stereocenters. The number of rotatable bonds is 4. The van der Waals surface area contributed by atoms with Gasteiger partial charge in [0.1, 0.15) is 6.61 Å². The molecule has 31 heavy (non-hydrogen) atoms. The van der Waals surface area contributed by atoms with Crippen LogP contribution in [0.15, 0.2) is 60.7 Å². The highest BCUT2D eigenvalue weighted by molar-refractivity contribution is 5.80. The number of hydrogen-bond acceptors (Lipinski definition) is 4. The minimum Gasteiger partial charge on any atom is -0.504 e. The average Bonchev–Trinajstić information content (AvgIpc) is 3.11. The second-order valence-corrected chi connectivity index (χ2v) is 6.99. The molecule has 1 amide bonds. The molecular weight excluding hydrogens is 397 g/mol. The fourth-order valence-corrected chi connectivity index (χ4v) is 3.69. The van der Waals surface area contributed by atoms with Gasteiger partial charge < -0.3 is 15.2 Å². The van der Waals surface area contributed by atoms with Gasteiger partial charge in [-0.25, -0.2) is 9.18 Å². The van der Waals surface area contributed by atoms with E-state index in [1.165, 1.54) is 6.07 Å². The predicted octanol–water partition coefficient (Wildman–Crippen LogP) is 4.23. The topological polar surface area (TPSA) is 75.6 Å². The lowest BCUT2D eigenvalue weighted by Crippen LogP contribution is -2.26. The van der Waals surface area contributed by atoms with Gasteiger partial charge in [-0.3, -0.25) is 4.79 Å². The molecule has 3 aromatic carbocycles. The third-order valence-electron chi connectivity index (χ3n) is 5.12. The van der Waals surface area contributed by atoms with Crippen molar-refractivity contribution in [2.24, 2.45) is 0 Å². The number of hydrogen-bond donors (Lipinski definition) is 2. The summed E-state index contributed by atoms with van der Waals surface area (Å²) < 4.78 is 19.0. The third-order valence-corrected chi connectivity index (χ3v) is 5.12. The van der Waals surface area contributed by atoms with Crippen LogP contribution >= 0.6 is 0 Å². The number of benzene rings is 3. The molecule has 6 heteroatoms. The molecule has 0 bridgehead atoms. The van der Waals surface area contributed by atoms with Crippen LogP contribution in [-0.4, -0.2) is 30.6 Å². The van der Waals surface area contributed by atoms with Crippen LogP contribution in [0.4, 0.5) is 9.18 Å². The van der Waals surface area contributed by atoms with E-state index in [4.69, 9.17) is 4.74 Å². The van der Waals surface area contributed by atoms with Crippen molar-refractivity contribution in [1.29, 1.82) is 0 Å². The van der Waals surface area contributed by atoms with Crippen LogP contribution in [0.25, 0.3) is 11.1 Å². The number of amides is 1. The first kappa shape index (κ1) is 20.2. The zero-order valence-electron chi connectivity index (χ0n) is 16.4. The lowest BCUT2D eigenvalue weighted by atomic mass is 9.98. The maximum atomic E-state index is 13.6. The molecule has 4 rings (SSSR count). The van der Waals surface area contributed by atoms with Crippen molar-refractivity contribution in [1.82, 2.24) is 5.32 Å². The number of aromatic hydroxyl groups is 1. The average molecular weight is 415 g/mol. The largest absolute Gasteiger partial charge is 0.504 e. The number of carbonyl (C=O) groups is 2. The zero-order chi connectivity index (χ0) is 21.8. The third kappa shape index (κ3) is 4.12. The zero-order valence-corrected chi connectivity index (χ0v) is 16.4. The van der Waals surface area contributed by atoms with Crippen LogP contribution in [0.2, 0.25) is 0 Å². The SMILES string of the molecule is O=Cc1cc(C#CCNC(=O)OCC2c3ccccc3-c3ccccc32)cc(F)c1O. The highest BCUT2D eigenvalue weighted by Crippen LogP contribution is 2.44. The van der Waals surface area contributed by atoms with Crippen molar-refractivity contribution in [3.8, 4) is 28.7 Å². The Morgan fingerprint density at radius 3 is 2.39 bits per heavy atom. The standard InChI is InChI=1S/C25H18FNO4/c26-23-13-16(12-17(14-28)24(23)29)6-5-11-27-25(30)31-15-22-20-9-3-1-7-18(20)19-8-2-4-10-21(19)22/h1-4,7-10,12-14,22,29H,11,15H2,(H,27,30). The van der Waals surface area contributed by atoms with E-state index >= 15 is 0 Å². The predicted molar refractivity (Wildman–Crippen MR) is 113 cm³/mol. The van der Waals surface area contributed by atoms with Gasteiger partial charge in [-0.15, -0.1) is 0 Å². The van der Waals surface area contributed by atoms with Crippen LogP contribution in [0.1, 0.15) is 33.0 Å². The highest BCUT2D eigenvalue weighted by atomic mass is 19.1. The first-order valence-electron chi connectivity index (χ1n) is 9.64. The molecule has 0 spiro atoms. The van der Waals surface area contributed by atoms with E-state index in [1.807, 2.05) is 36.4 Å². The van der Waals surface area contributed by atoms with Crippen molar-refractivity contribution < 1.29 is 23.8 Å². The van der Waals surface area contributed by atoms with Gasteiger partial charge in [-0.2, -0.15) is 0 Å². The van der Waals surface area contributed by atoms with Crippen LogP contribution in [0.5, 0.6) is 5.75 Å². The summed E-state index contributed by atoms with van der Waals surface area (Å²) in [4.78, 5) is 22.9. The Bertz CT molecular complexity index is 1180. The van der Waals surface area contributed by atoms with Gasteiger partial charge in [0.25, 0.3) is 0 Å². The molecule has 1 aliphatic carbocycles. The van der Waals surface area contributed by atoms with E-state index in [-0.39, 0.29) is 30.2 Å². The van der Waals surface area contributed by atoms with Gasteiger partial charge in [0, 0.05) is 11.5 Å². The van der Waals surface area contributed by atoms with Crippen LogP contribution < -0.4 is 5.32 Å². The Kier molecular flexibility index (Phi) is 5.67. The molecule has 3 aromatic rings. The first-order chi connectivity index (χ1) is 15.1. The molecule has 2 N–H and O–H groups in total. The Balaban J connectivity index is 1.36. The maximum absolute atomic E-state index is 13.6. The Morgan fingerprint density at radius 2 is 1.74 bits per heavy atom. The second-order valence-electron chi connectivity index (χ2n) is 6.99. The van der Waals surface area contributed by atoms with Crippen molar-refractivity contribution in [2.45, 2.75) is 5.92 Å². The molecular formula is C25H18FNO4. The molecule has 0 saturated heterocycles. The van der Waals surface area contributed by atoms with Crippen LogP contribution in [-0.2, 0) is 4.74 Å². The number of aldehydes is 1. The van der Waals surface area contributed by atoms with Crippen LogP contribution in [0, 0.1) is 17.7 Å². The van der Waals surface area contributed by atoms with Gasteiger partial charge in [0.05, 0.1) is 12.1 Å². The number of nitrogens with one attached hydrogen (secondary N) is 1. The molecule has 1 aliphatic rings. The lowest BCUT2D eigenvalue weighted by Gasteiger charge is -2.14. The van der Waals surface area contributed by atoms with E-state index in [1.54, 1.807) is 0 Å². The number of ether oxygens (including phenoxy) is 1. The summed E-state index contributed by atoms with van der Waals surface area (Å²) in [6, 6.07) is 18.4. The van der Waals surface area contributed by atoms with Gasteiger partial charge >= 0.3 is 6.09 Å². The van der Waals surface area contributed by atoms with Gasteiger partial charge in [-0.05, 0) is 34.4 Å². The molecule has 0 fully saturated rings. The van der Waals surface area contributed by atoms with E-state index < -0.39 is 17.7 Å². The summed E-state index contributed by atoms with van der Waals surface area (Å²) in [6.07, 6.45) is -0.264. The summed E-state index contributed by atoms with van der Waals surface area (Å²) in [5.41, 5.74) is 4.57. The molecule has 0 aromatic heterocycles. The van der Waals surface area contributed by atoms with Crippen molar-refractivity contribution in [3.63, 3.8) is 0 Å². The molecule has 0 heterocycles. The van der Waals surface area contributed by atoms with Crippen molar-refractivity contribution >= 4 is 12.4 Å². The highest BCUT2D eigenvalue weighted by Gasteiger charge is 2.28. The summed E-state index contributed by atoms with van der Waals surface area (Å²) in [6.45, 7) is 0.175. The summed E-state index contributed by atoms with van der Waals surface area (Å²) >= 11 is 0. The maximum Gasteiger partial charge on any atom is 0.407 e. The minimum atomic E-state index is -0.932. The number of halogens is 1. The first-order valence-corrected chi connectivity index (χ1v) is 9.64. The quantitative estimate of drug-likeness (QED) is 0.494. The smallest absolute Gasteiger partial charge is 0.407 e. The molecule has 0 radical (unpaired) electrons. The van der Waals surface area contributed by atoms with Gasteiger partial charge in [0.2, 0.25) is 0 Å². The Labute approximate surface area is 178 Å². The van der Waals surface area contributed by atoms with Gasteiger partial charge in [-0.1, -0.05) is 60.4 Å². The number of phenols is 1. The number of alkyl carbamates (subject to hydrolysis) is 1. The Hall–Kier alpha value is -4.11. The minimum absolute atomic E-state index is 0.0183. The van der Waals surface area contributed by atoms with Crippen molar-refractivity contribution in [2.75, 3.05) is 13.2 Å². The number of carbonyl (C=O) groups excluding carboxylic acids is 2. The normalized spacial score (nSPS) is 11.6. The molecule has 0 unspecified atom stereocenters. The molecule has 0 saturated carbocycles. The summed E-state index contributed by atoms with van der Waals surface area (Å²) in [5.74, 6) is 3.62. The molecule has 0 aliphatic heterocycles. The lowest BCUT2D eigenvalue weighted by molar-refractivity contribution is 0.112. The van der Waals surface area contributed by atoms with E-state index in [9.17, 15) is 19.1 Å². The number of fused-ring (bicyclic) bond motifs is 3. The molecule has 154 valence electrons. The van der Waals surface area contributed by atoms with Crippen LogP contribution in [0.3, 0.4) is 0 Å². The van der Waals surface area contributed by atoms with Gasteiger partial charge in [0.15, 0.2) is 17.9 Å². The summed E-state index contributed by atoms with van der Waals surface area (Å²) in [5, 5.41) is 11.9.